The molecule has 0 radical (unpaired) electrons. The minimum Gasteiger partial charge on any atom is -0.324 e. The number of Topliss-reactive ketones (excluding diaryl/α,β-unsaturated/α-hetero) is 1. The van der Waals surface area contributed by atoms with Crippen molar-refractivity contribution in [3.05, 3.63) is 70.8 Å². The SMILES string of the molecule is CC(C)N1C(=O)NC(=O)C(C(=O)C[C@@H](N)c2ccc(F)c(F)c2)C1=O.CC(C)N1C(=O)NC(=O)C(CC[C@@H](N)c2ccc(F)c(F)c2)C1=O. The van der Waals surface area contributed by atoms with E-state index in [-0.39, 0.29) is 24.4 Å². The lowest BCUT2D eigenvalue weighted by atomic mass is 9.92. The summed E-state index contributed by atoms with van der Waals surface area (Å²) in [5, 5.41) is 4.11. The number of carbonyl (C=O) groups excluding carboxylic acids is 7. The van der Waals surface area contributed by atoms with Gasteiger partial charge in [0.15, 0.2) is 35.0 Å². The zero-order valence-corrected chi connectivity index (χ0v) is 27.0. The molecule has 2 aromatic rings. The molecule has 0 aliphatic carbocycles. The second-order valence-electron chi connectivity index (χ2n) is 12.0. The molecule has 264 valence electrons. The van der Waals surface area contributed by atoms with Crippen LogP contribution in [0.2, 0.25) is 0 Å². The Kier molecular flexibility index (Phi) is 12.5. The van der Waals surface area contributed by atoms with Crippen molar-refractivity contribution in [2.24, 2.45) is 23.3 Å². The van der Waals surface area contributed by atoms with Crippen LogP contribution in [0.1, 0.15) is 70.2 Å². The van der Waals surface area contributed by atoms with Crippen LogP contribution < -0.4 is 22.1 Å². The number of imide groups is 4. The first-order valence-corrected chi connectivity index (χ1v) is 15.1. The third kappa shape index (κ3) is 8.91. The predicted octanol–water partition coefficient (Wildman–Crippen LogP) is 2.87. The van der Waals surface area contributed by atoms with Crippen molar-refractivity contribution in [2.45, 2.75) is 71.1 Å². The van der Waals surface area contributed by atoms with Crippen molar-refractivity contribution in [2.75, 3.05) is 0 Å². The summed E-state index contributed by atoms with van der Waals surface area (Å²) >= 11 is 0. The van der Waals surface area contributed by atoms with Crippen molar-refractivity contribution in [1.29, 1.82) is 0 Å². The Bertz CT molecular complexity index is 1670. The topological polar surface area (TPSA) is 202 Å². The number of hydrogen-bond donors (Lipinski definition) is 4. The van der Waals surface area contributed by atoms with Crippen LogP contribution in [-0.2, 0) is 24.0 Å². The first-order chi connectivity index (χ1) is 22.8. The molecule has 2 saturated heterocycles. The molecule has 2 unspecified atom stereocenters. The van der Waals surface area contributed by atoms with E-state index in [1.54, 1.807) is 27.7 Å². The molecule has 13 nitrogen and oxygen atoms in total. The lowest BCUT2D eigenvalue weighted by molar-refractivity contribution is -0.149. The number of barbiturate groups is 2. The number of nitrogens with one attached hydrogen (secondary N) is 2. The Balaban J connectivity index is 0.000000266. The maximum absolute atomic E-state index is 13.3. The highest BCUT2D eigenvalue weighted by atomic mass is 19.2. The van der Waals surface area contributed by atoms with E-state index >= 15 is 0 Å². The number of carbonyl (C=O) groups is 7. The maximum atomic E-state index is 13.3. The summed E-state index contributed by atoms with van der Waals surface area (Å²) in [6.45, 7) is 6.44. The summed E-state index contributed by atoms with van der Waals surface area (Å²) in [6, 6.07) is 2.00. The van der Waals surface area contributed by atoms with Crippen LogP contribution in [0.3, 0.4) is 0 Å². The molecular weight excluding hydrogens is 656 g/mol. The summed E-state index contributed by atoms with van der Waals surface area (Å²) in [7, 11) is 0. The van der Waals surface area contributed by atoms with Crippen LogP contribution in [-0.4, -0.2) is 63.4 Å². The number of hydrogen-bond acceptors (Lipinski definition) is 9. The predicted molar refractivity (Wildman–Crippen MR) is 163 cm³/mol. The summed E-state index contributed by atoms with van der Waals surface area (Å²) in [5.74, 6) is -10.9. The van der Waals surface area contributed by atoms with Crippen molar-refractivity contribution >= 4 is 41.5 Å². The molecule has 0 aromatic heterocycles. The van der Waals surface area contributed by atoms with E-state index in [1.165, 1.54) is 12.1 Å². The molecule has 0 spiro atoms. The third-order valence-electron chi connectivity index (χ3n) is 7.78. The van der Waals surface area contributed by atoms with Crippen molar-refractivity contribution in [3.8, 4) is 0 Å². The van der Waals surface area contributed by atoms with Gasteiger partial charge in [-0.1, -0.05) is 12.1 Å². The lowest BCUT2D eigenvalue weighted by Crippen LogP contribution is -2.61. The number of nitrogens with two attached hydrogens (primary N) is 2. The molecular formula is C32H36F4N6O7. The summed E-state index contributed by atoms with van der Waals surface area (Å²) in [6.07, 6.45) is -0.147. The van der Waals surface area contributed by atoms with E-state index in [0.717, 1.165) is 34.1 Å². The Hall–Kier alpha value is -5.03. The van der Waals surface area contributed by atoms with E-state index < -0.39 is 101 Å². The molecule has 4 rings (SSSR count). The highest BCUT2D eigenvalue weighted by molar-refractivity contribution is 6.26. The molecule has 2 aliphatic rings. The molecule has 2 aromatic carbocycles. The monoisotopic (exact) mass is 692 g/mol. The van der Waals surface area contributed by atoms with Crippen LogP contribution in [0, 0.1) is 35.1 Å². The fraction of sp³-hybridized carbons (Fsp3) is 0.406. The van der Waals surface area contributed by atoms with Crippen LogP contribution in [0.15, 0.2) is 36.4 Å². The Labute approximate surface area is 278 Å². The maximum Gasteiger partial charge on any atom is 0.331 e. The number of rotatable bonds is 10. The van der Waals surface area contributed by atoms with E-state index in [1.807, 2.05) is 5.32 Å². The number of urea groups is 2. The van der Waals surface area contributed by atoms with E-state index in [2.05, 4.69) is 5.32 Å². The van der Waals surface area contributed by atoms with Gasteiger partial charge in [-0.15, -0.1) is 0 Å². The highest BCUT2D eigenvalue weighted by Crippen LogP contribution is 2.25. The number of benzene rings is 2. The Morgan fingerprint density at radius 3 is 1.61 bits per heavy atom. The minimum absolute atomic E-state index is 0.0985. The number of amides is 8. The Morgan fingerprint density at radius 1 is 0.694 bits per heavy atom. The van der Waals surface area contributed by atoms with E-state index in [9.17, 15) is 51.1 Å². The fourth-order valence-electron chi connectivity index (χ4n) is 5.19. The first-order valence-electron chi connectivity index (χ1n) is 15.1. The van der Waals surface area contributed by atoms with Gasteiger partial charge in [0, 0.05) is 30.6 Å². The van der Waals surface area contributed by atoms with Gasteiger partial charge in [0.05, 0.1) is 0 Å². The zero-order valence-electron chi connectivity index (χ0n) is 27.0. The van der Waals surface area contributed by atoms with Crippen LogP contribution in [0.25, 0.3) is 0 Å². The van der Waals surface area contributed by atoms with Crippen LogP contribution in [0.4, 0.5) is 27.2 Å². The summed E-state index contributed by atoms with van der Waals surface area (Å²) in [4.78, 5) is 86.0. The second kappa shape index (κ2) is 15.9. The van der Waals surface area contributed by atoms with Crippen molar-refractivity contribution in [1.82, 2.24) is 20.4 Å². The number of ketones is 1. The molecule has 17 heteroatoms. The molecule has 2 heterocycles. The smallest absolute Gasteiger partial charge is 0.324 e. The van der Waals surface area contributed by atoms with Crippen LogP contribution >= 0.6 is 0 Å². The average molecular weight is 693 g/mol. The lowest BCUT2D eigenvalue weighted by Gasteiger charge is -2.33. The number of halogens is 4. The van der Waals surface area contributed by atoms with Gasteiger partial charge in [-0.25, -0.2) is 27.2 Å². The zero-order chi connectivity index (χ0) is 36.9. The molecule has 0 saturated carbocycles. The molecule has 8 amide bonds. The van der Waals surface area contributed by atoms with Gasteiger partial charge in [0.25, 0.3) is 5.91 Å². The normalized spacial score (nSPS) is 19.4. The minimum atomic E-state index is -1.70. The van der Waals surface area contributed by atoms with Crippen LogP contribution in [0.5, 0.6) is 0 Å². The highest BCUT2D eigenvalue weighted by Gasteiger charge is 2.46. The van der Waals surface area contributed by atoms with Gasteiger partial charge < -0.3 is 11.5 Å². The largest absolute Gasteiger partial charge is 0.331 e. The van der Waals surface area contributed by atoms with E-state index in [4.69, 9.17) is 11.5 Å². The summed E-state index contributed by atoms with van der Waals surface area (Å²) in [5.41, 5.74) is 12.2. The third-order valence-corrected chi connectivity index (χ3v) is 7.78. The molecule has 2 fully saturated rings. The standard InChI is InChI=1S/C16H17F2N3O4.C16H19F2N3O3/c1-7(2)21-15(24)13(14(23)20-16(21)25)12(22)6-11(19)8-3-4-9(17)10(18)5-8;1-8(2)21-15(23)10(14(22)20-16(21)24)4-6-13(19)9-3-5-11(17)12(18)7-9/h3-5,7,11,13H,6,19H2,1-2H3,(H,20,23,25);3,5,7-8,10,13H,4,6,19H2,1-2H3,(H,20,22,24)/t11-,13?;10?,13-/m11/s1. The summed E-state index contributed by atoms with van der Waals surface area (Å²) < 4.78 is 52.4. The molecule has 4 atom stereocenters. The van der Waals surface area contributed by atoms with Gasteiger partial charge >= 0.3 is 12.1 Å². The first kappa shape index (κ1) is 38.4. The average Bonchev–Trinajstić information content (AvgIpc) is 2.99. The fourth-order valence-corrected chi connectivity index (χ4v) is 5.19. The molecule has 6 N–H and O–H groups in total. The molecule has 0 bridgehead atoms. The van der Waals surface area contributed by atoms with Gasteiger partial charge in [-0.05, 0) is 75.9 Å². The van der Waals surface area contributed by atoms with Gasteiger partial charge in [0.1, 0.15) is 5.92 Å². The van der Waals surface area contributed by atoms with Crippen molar-refractivity contribution < 1.29 is 51.1 Å². The van der Waals surface area contributed by atoms with Gasteiger partial charge in [-0.3, -0.25) is 44.4 Å². The van der Waals surface area contributed by atoms with E-state index in [0.29, 0.717) is 5.56 Å². The second-order valence-corrected chi connectivity index (χ2v) is 12.0. The van der Waals surface area contributed by atoms with Crippen molar-refractivity contribution in [3.63, 3.8) is 0 Å². The number of nitrogens with zero attached hydrogens (tertiary/aromatic N) is 2. The Morgan fingerprint density at radius 2 is 1.14 bits per heavy atom. The quantitative estimate of drug-likeness (QED) is 0.213. The molecule has 2 aliphatic heterocycles. The van der Waals surface area contributed by atoms with Gasteiger partial charge in [0.2, 0.25) is 17.7 Å². The van der Waals surface area contributed by atoms with Gasteiger partial charge in [-0.2, -0.15) is 0 Å². The molecule has 49 heavy (non-hydrogen) atoms.